The second kappa shape index (κ2) is 8.22. The van der Waals surface area contributed by atoms with E-state index in [9.17, 15) is 9.59 Å². The SMILES string of the molecule is Cc1nc(C)c2c(C)c(C(=O)NCCC(=O)NCc3ccncc3)sc2n1. The molecule has 3 aromatic heterocycles. The van der Waals surface area contributed by atoms with Crippen molar-refractivity contribution in [3.63, 3.8) is 0 Å². The van der Waals surface area contributed by atoms with E-state index in [4.69, 9.17) is 0 Å². The molecule has 0 aliphatic carbocycles. The molecule has 3 heterocycles. The van der Waals surface area contributed by atoms with Gasteiger partial charge in [0.05, 0.1) is 4.88 Å². The number of carbonyl (C=O) groups is 2. The van der Waals surface area contributed by atoms with Gasteiger partial charge in [0.1, 0.15) is 10.7 Å². The van der Waals surface area contributed by atoms with Crippen LogP contribution < -0.4 is 10.6 Å². The fourth-order valence-corrected chi connectivity index (χ4v) is 4.04. The molecule has 0 bridgehead atoms. The molecule has 0 fully saturated rings. The predicted octanol–water partition coefficient (Wildman–Crippen LogP) is 2.45. The predicted molar refractivity (Wildman–Crippen MR) is 105 cm³/mol. The Labute approximate surface area is 161 Å². The molecule has 0 aromatic carbocycles. The number of fused-ring (bicyclic) bond motifs is 1. The van der Waals surface area contributed by atoms with Crippen molar-refractivity contribution >= 4 is 33.4 Å². The number of amides is 2. The van der Waals surface area contributed by atoms with Gasteiger partial charge in [0.25, 0.3) is 5.91 Å². The van der Waals surface area contributed by atoms with Crippen LogP contribution in [0.25, 0.3) is 10.2 Å². The molecular formula is C19H21N5O2S. The fraction of sp³-hybridized carbons (Fsp3) is 0.316. The summed E-state index contributed by atoms with van der Waals surface area (Å²) in [7, 11) is 0. The lowest BCUT2D eigenvalue weighted by atomic mass is 10.1. The van der Waals surface area contributed by atoms with E-state index in [-0.39, 0.29) is 24.8 Å². The first kappa shape index (κ1) is 18.9. The molecule has 3 aromatic rings. The summed E-state index contributed by atoms with van der Waals surface area (Å²) in [6, 6.07) is 3.69. The van der Waals surface area contributed by atoms with E-state index in [0.717, 1.165) is 27.0 Å². The Bertz CT molecular complexity index is 985. The first-order chi connectivity index (χ1) is 13.0. The maximum atomic E-state index is 12.5. The third-order valence-corrected chi connectivity index (χ3v) is 5.35. The van der Waals surface area contributed by atoms with E-state index in [1.54, 1.807) is 12.4 Å². The van der Waals surface area contributed by atoms with Crippen LogP contribution in [0.15, 0.2) is 24.5 Å². The van der Waals surface area contributed by atoms with E-state index in [2.05, 4.69) is 25.6 Å². The van der Waals surface area contributed by atoms with E-state index in [1.165, 1.54) is 11.3 Å². The molecule has 27 heavy (non-hydrogen) atoms. The first-order valence-corrected chi connectivity index (χ1v) is 9.45. The van der Waals surface area contributed by atoms with Gasteiger partial charge in [-0.05, 0) is 44.0 Å². The zero-order valence-electron chi connectivity index (χ0n) is 15.5. The lowest BCUT2D eigenvalue weighted by Gasteiger charge is -2.06. The van der Waals surface area contributed by atoms with E-state index in [1.807, 2.05) is 32.9 Å². The fourth-order valence-electron chi connectivity index (χ4n) is 2.85. The third kappa shape index (κ3) is 4.46. The number of nitrogens with zero attached hydrogens (tertiary/aromatic N) is 3. The van der Waals surface area contributed by atoms with Crippen LogP contribution in [0, 0.1) is 20.8 Å². The van der Waals surface area contributed by atoms with Gasteiger partial charge < -0.3 is 10.6 Å². The average molecular weight is 383 g/mol. The van der Waals surface area contributed by atoms with Crippen LogP contribution in [-0.2, 0) is 11.3 Å². The zero-order valence-corrected chi connectivity index (χ0v) is 16.3. The van der Waals surface area contributed by atoms with Crippen molar-refractivity contribution in [2.45, 2.75) is 33.7 Å². The van der Waals surface area contributed by atoms with Crippen LogP contribution in [0.2, 0.25) is 0 Å². The third-order valence-electron chi connectivity index (χ3n) is 4.17. The summed E-state index contributed by atoms with van der Waals surface area (Å²) < 4.78 is 0. The Morgan fingerprint density at radius 3 is 2.56 bits per heavy atom. The van der Waals surface area contributed by atoms with E-state index in [0.29, 0.717) is 17.2 Å². The number of hydrogen-bond donors (Lipinski definition) is 2. The Morgan fingerprint density at radius 2 is 1.81 bits per heavy atom. The van der Waals surface area contributed by atoms with Crippen LogP contribution in [0.1, 0.15) is 38.7 Å². The molecule has 3 rings (SSSR count). The summed E-state index contributed by atoms with van der Waals surface area (Å²) in [5.41, 5.74) is 2.74. The molecule has 7 nitrogen and oxygen atoms in total. The minimum absolute atomic E-state index is 0.113. The summed E-state index contributed by atoms with van der Waals surface area (Å²) in [4.78, 5) is 38.6. The monoisotopic (exact) mass is 383 g/mol. The molecule has 0 aliphatic heterocycles. The Morgan fingerprint density at radius 1 is 1.07 bits per heavy atom. The number of pyridine rings is 1. The number of hydrogen-bond acceptors (Lipinski definition) is 6. The van der Waals surface area contributed by atoms with Gasteiger partial charge in [-0.2, -0.15) is 0 Å². The number of aryl methyl sites for hydroxylation is 3. The summed E-state index contributed by atoms with van der Waals surface area (Å²) in [5.74, 6) is 0.395. The van der Waals surface area contributed by atoms with Gasteiger partial charge in [-0.3, -0.25) is 14.6 Å². The molecule has 2 N–H and O–H groups in total. The minimum atomic E-state index is -0.186. The van der Waals surface area contributed by atoms with Gasteiger partial charge in [0, 0.05) is 43.0 Å². The highest BCUT2D eigenvalue weighted by atomic mass is 32.1. The Kier molecular flexibility index (Phi) is 5.75. The molecule has 0 aliphatic rings. The van der Waals surface area contributed by atoms with Crippen molar-refractivity contribution in [3.8, 4) is 0 Å². The lowest BCUT2D eigenvalue weighted by molar-refractivity contribution is -0.121. The van der Waals surface area contributed by atoms with Crippen LogP contribution in [0.3, 0.4) is 0 Å². The van der Waals surface area contributed by atoms with Crippen LogP contribution in [0.4, 0.5) is 0 Å². The number of carbonyl (C=O) groups excluding carboxylic acids is 2. The average Bonchev–Trinajstić information content (AvgIpc) is 2.97. The number of nitrogens with one attached hydrogen (secondary N) is 2. The maximum Gasteiger partial charge on any atom is 0.261 e. The highest BCUT2D eigenvalue weighted by Gasteiger charge is 2.18. The number of aromatic nitrogens is 3. The lowest BCUT2D eigenvalue weighted by Crippen LogP contribution is -2.30. The molecule has 8 heteroatoms. The summed E-state index contributed by atoms with van der Waals surface area (Å²) in [6.07, 6.45) is 3.59. The highest BCUT2D eigenvalue weighted by Crippen LogP contribution is 2.31. The number of rotatable bonds is 6. The van der Waals surface area contributed by atoms with E-state index >= 15 is 0 Å². The first-order valence-electron chi connectivity index (χ1n) is 8.64. The smallest absolute Gasteiger partial charge is 0.261 e. The molecule has 0 unspecified atom stereocenters. The highest BCUT2D eigenvalue weighted by molar-refractivity contribution is 7.20. The van der Waals surface area contributed by atoms with Crippen molar-refractivity contribution in [2.75, 3.05) is 6.54 Å². The van der Waals surface area contributed by atoms with E-state index < -0.39 is 0 Å². The van der Waals surface area contributed by atoms with Crippen molar-refractivity contribution in [3.05, 3.63) is 52.0 Å². The van der Waals surface area contributed by atoms with Crippen LogP contribution in [0.5, 0.6) is 0 Å². The molecule has 0 saturated heterocycles. The zero-order chi connectivity index (χ0) is 19.4. The van der Waals surface area contributed by atoms with Crippen molar-refractivity contribution in [1.29, 1.82) is 0 Å². The van der Waals surface area contributed by atoms with Gasteiger partial charge in [0.2, 0.25) is 5.91 Å². The van der Waals surface area contributed by atoms with Crippen LogP contribution >= 0.6 is 11.3 Å². The Balaban J connectivity index is 1.55. The molecule has 140 valence electrons. The summed E-state index contributed by atoms with van der Waals surface area (Å²) >= 11 is 1.36. The standard InChI is InChI=1S/C19H21N5O2S/c1-11-16-12(2)23-13(3)24-19(16)27-17(11)18(26)21-9-6-15(25)22-10-14-4-7-20-8-5-14/h4-5,7-8H,6,9-10H2,1-3H3,(H,21,26)(H,22,25). The van der Waals surface area contributed by atoms with Crippen molar-refractivity contribution in [1.82, 2.24) is 25.6 Å². The van der Waals surface area contributed by atoms with Crippen molar-refractivity contribution < 1.29 is 9.59 Å². The normalized spacial score (nSPS) is 10.8. The molecule has 0 radical (unpaired) electrons. The molecule has 2 amide bonds. The van der Waals surface area contributed by atoms with Gasteiger partial charge in [-0.15, -0.1) is 11.3 Å². The van der Waals surface area contributed by atoms with Gasteiger partial charge in [-0.25, -0.2) is 9.97 Å². The Hall–Kier alpha value is -2.87. The second-order valence-corrected chi connectivity index (χ2v) is 7.23. The maximum absolute atomic E-state index is 12.5. The largest absolute Gasteiger partial charge is 0.352 e. The quantitative estimate of drug-likeness (QED) is 0.681. The molecule has 0 spiro atoms. The number of thiophene rings is 1. The van der Waals surface area contributed by atoms with Gasteiger partial charge in [-0.1, -0.05) is 0 Å². The summed E-state index contributed by atoms with van der Waals surface area (Å²) in [5, 5.41) is 6.58. The molecule has 0 atom stereocenters. The van der Waals surface area contributed by atoms with Crippen molar-refractivity contribution in [2.24, 2.45) is 0 Å². The molecular weight excluding hydrogens is 362 g/mol. The van der Waals surface area contributed by atoms with Gasteiger partial charge >= 0.3 is 0 Å². The van der Waals surface area contributed by atoms with Gasteiger partial charge in [0.15, 0.2) is 0 Å². The molecule has 0 saturated carbocycles. The minimum Gasteiger partial charge on any atom is -0.352 e. The summed E-state index contributed by atoms with van der Waals surface area (Å²) in [6.45, 7) is 6.39. The second-order valence-electron chi connectivity index (χ2n) is 6.23. The van der Waals surface area contributed by atoms with Crippen LogP contribution in [-0.4, -0.2) is 33.3 Å². The topological polar surface area (TPSA) is 96.9 Å².